The fraction of sp³-hybridized carbons (Fsp3) is 0.143. The van der Waals surface area contributed by atoms with Crippen LogP contribution in [0.5, 0.6) is 11.5 Å². The molecule has 20 heavy (non-hydrogen) atoms. The Balaban J connectivity index is 2.34. The Morgan fingerprint density at radius 3 is 2.60 bits per heavy atom. The third-order valence-corrected chi connectivity index (χ3v) is 3.42. The molecule has 0 aromatic heterocycles. The molecular weight excluding hydrogens is 326 g/mol. The third kappa shape index (κ3) is 3.15. The summed E-state index contributed by atoms with van der Waals surface area (Å²) in [5.41, 5.74) is 1.59. The number of hydrogen-bond acceptors (Lipinski definition) is 4. The lowest BCUT2D eigenvalue weighted by molar-refractivity contribution is -0.384. The molecule has 0 aliphatic rings. The Hall–Kier alpha value is -1.92. The zero-order valence-corrected chi connectivity index (χ0v) is 12.3. The van der Waals surface area contributed by atoms with Crippen LogP contribution in [0.25, 0.3) is 0 Å². The fourth-order valence-corrected chi connectivity index (χ4v) is 2.05. The summed E-state index contributed by atoms with van der Waals surface area (Å²) >= 11 is 3.30. The number of aryl methyl sites for hydroxylation is 1. The van der Waals surface area contributed by atoms with Crippen molar-refractivity contribution in [3.63, 3.8) is 0 Å². The molecule has 0 atom stereocenters. The van der Waals surface area contributed by atoms with Crippen molar-refractivity contribution in [2.24, 2.45) is 0 Å². The van der Waals surface area contributed by atoms with Gasteiger partial charge in [0, 0.05) is 6.07 Å². The van der Waals surface area contributed by atoms with Gasteiger partial charge in [0.1, 0.15) is 11.5 Å². The number of aliphatic hydroxyl groups is 1. The number of halogens is 1. The van der Waals surface area contributed by atoms with E-state index >= 15 is 0 Å². The molecule has 0 amide bonds. The number of ether oxygens (including phenoxy) is 1. The molecule has 0 radical (unpaired) electrons. The van der Waals surface area contributed by atoms with E-state index in [4.69, 9.17) is 9.84 Å². The van der Waals surface area contributed by atoms with Crippen LogP contribution in [-0.2, 0) is 6.61 Å². The number of non-ortho nitro benzene ring substituents is 1. The molecule has 2 aromatic rings. The van der Waals surface area contributed by atoms with E-state index in [-0.39, 0.29) is 12.3 Å². The summed E-state index contributed by atoms with van der Waals surface area (Å²) < 4.78 is 6.33. The van der Waals surface area contributed by atoms with Gasteiger partial charge >= 0.3 is 0 Å². The van der Waals surface area contributed by atoms with Crippen molar-refractivity contribution in [3.05, 3.63) is 62.1 Å². The number of rotatable bonds is 4. The lowest BCUT2D eigenvalue weighted by Crippen LogP contribution is -1.93. The first-order valence-corrected chi connectivity index (χ1v) is 6.62. The Kier molecular flexibility index (Phi) is 4.36. The molecule has 0 spiro atoms. The summed E-state index contributed by atoms with van der Waals surface area (Å²) in [5, 5.41) is 19.8. The highest BCUT2D eigenvalue weighted by atomic mass is 79.9. The Morgan fingerprint density at radius 1 is 1.25 bits per heavy atom. The smallest absolute Gasteiger partial charge is 0.273 e. The van der Waals surface area contributed by atoms with Gasteiger partial charge in [0.15, 0.2) is 0 Å². The van der Waals surface area contributed by atoms with Crippen molar-refractivity contribution in [1.29, 1.82) is 0 Å². The monoisotopic (exact) mass is 337 g/mol. The molecule has 5 nitrogen and oxygen atoms in total. The van der Waals surface area contributed by atoms with Crippen LogP contribution < -0.4 is 4.74 Å². The van der Waals surface area contributed by atoms with Crippen molar-refractivity contribution in [3.8, 4) is 11.5 Å². The van der Waals surface area contributed by atoms with Gasteiger partial charge in [-0.05, 0) is 46.1 Å². The quantitative estimate of drug-likeness (QED) is 0.677. The van der Waals surface area contributed by atoms with E-state index in [2.05, 4.69) is 15.9 Å². The molecule has 0 heterocycles. The predicted octanol–water partition coefficient (Wildman–Crippen LogP) is 3.95. The first-order valence-electron chi connectivity index (χ1n) is 5.83. The Bertz CT molecular complexity index is 658. The second-order valence-electron chi connectivity index (χ2n) is 4.23. The molecule has 0 unspecified atom stereocenters. The second-order valence-corrected chi connectivity index (χ2v) is 5.09. The van der Waals surface area contributed by atoms with Gasteiger partial charge in [-0.15, -0.1) is 0 Å². The van der Waals surface area contributed by atoms with E-state index in [1.54, 1.807) is 24.3 Å². The molecule has 0 aliphatic heterocycles. The van der Waals surface area contributed by atoms with Gasteiger partial charge in [-0.3, -0.25) is 10.1 Å². The average Bonchev–Trinajstić information content (AvgIpc) is 2.42. The highest BCUT2D eigenvalue weighted by Crippen LogP contribution is 2.34. The standard InChI is InChI=1S/C14H12BrNO4/c1-9-6-10(8-17)2-5-13(9)20-14-7-11(16(18)19)3-4-12(14)15/h2-7,17H,8H2,1H3. The molecule has 104 valence electrons. The molecular formula is C14H12BrNO4. The minimum Gasteiger partial charge on any atom is -0.456 e. The summed E-state index contributed by atoms with van der Waals surface area (Å²) in [5.74, 6) is 0.961. The van der Waals surface area contributed by atoms with Crippen LogP contribution in [-0.4, -0.2) is 10.0 Å². The second kappa shape index (κ2) is 6.02. The largest absolute Gasteiger partial charge is 0.456 e. The molecule has 0 aliphatic carbocycles. The highest BCUT2D eigenvalue weighted by Gasteiger charge is 2.12. The van der Waals surface area contributed by atoms with Crippen LogP contribution in [0, 0.1) is 17.0 Å². The highest BCUT2D eigenvalue weighted by molar-refractivity contribution is 9.10. The summed E-state index contributed by atoms with van der Waals surface area (Å²) in [6.45, 7) is 1.81. The van der Waals surface area contributed by atoms with E-state index in [1.807, 2.05) is 6.92 Å². The van der Waals surface area contributed by atoms with Crippen LogP contribution in [0.2, 0.25) is 0 Å². The van der Waals surface area contributed by atoms with E-state index in [0.717, 1.165) is 11.1 Å². The van der Waals surface area contributed by atoms with Crippen molar-refractivity contribution in [2.45, 2.75) is 13.5 Å². The van der Waals surface area contributed by atoms with Gasteiger partial charge in [0.05, 0.1) is 22.1 Å². The number of nitro groups is 1. The molecule has 1 N–H and O–H groups in total. The van der Waals surface area contributed by atoms with Crippen LogP contribution in [0.4, 0.5) is 5.69 Å². The van der Waals surface area contributed by atoms with E-state index in [1.165, 1.54) is 12.1 Å². The van der Waals surface area contributed by atoms with Crippen molar-refractivity contribution >= 4 is 21.6 Å². The number of nitro benzene ring substituents is 1. The van der Waals surface area contributed by atoms with Crippen molar-refractivity contribution in [1.82, 2.24) is 0 Å². The molecule has 0 bridgehead atoms. The first kappa shape index (κ1) is 14.5. The average molecular weight is 338 g/mol. The van der Waals surface area contributed by atoms with Gasteiger partial charge in [0.2, 0.25) is 0 Å². The zero-order valence-electron chi connectivity index (χ0n) is 10.7. The topological polar surface area (TPSA) is 72.6 Å². The SMILES string of the molecule is Cc1cc(CO)ccc1Oc1cc([N+](=O)[O-])ccc1Br. The number of aliphatic hydroxyl groups excluding tert-OH is 1. The van der Waals surface area contributed by atoms with E-state index < -0.39 is 4.92 Å². The minimum atomic E-state index is -0.471. The van der Waals surface area contributed by atoms with Gasteiger partial charge in [-0.25, -0.2) is 0 Å². The third-order valence-electron chi connectivity index (χ3n) is 2.77. The van der Waals surface area contributed by atoms with Gasteiger partial charge in [0.25, 0.3) is 5.69 Å². The van der Waals surface area contributed by atoms with Crippen LogP contribution in [0.1, 0.15) is 11.1 Å². The first-order chi connectivity index (χ1) is 9.51. The fourth-order valence-electron chi connectivity index (χ4n) is 1.73. The molecule has 2 aromatic carbocycles. The molecule has 6 heteroatoms. The van der Waals surface area contributed by atoms with E-state index in [0.29, 0.717) is 16.0 Å². The summed E-state index contributed by atoms with van der Waals surface area (Å²) in [7, 11) is 0. The normalized spacial score (nSPS) is 10.3. The molecule has 2 rings (SSSR count). The van der Waals surface area contributed by atoms with Crippen LogP contribution >= 0.6 is 15.9 Å². The zero-order chi connectivity index (χ0) is 14.7. The molecule has 0 fully saturated rings. The summed E-state index contributed by atoms with van der Waals surface area (Å²) in [6, 6.07) is 9.62. The summed E-state index contributed by atoms with van der Waals surface area (Å²) in [6.07, 6.45) is 0. The summed E-state index contributed by atoms with van der Waals surface area (Å²) in [4.78, 5) is 10.3. The maximum absolute atomic E-state index is 10.8. The lowest BCUT2D eigenvalue weighted by Gasteiger charge is -2.11. The molecule has 0 saturated heterocycles. The van der Waals surface area contributed by atoms with Crippen LogP contribution in [0.3, 0.4) is 0 Å². The molecule has 0 saturated carbocycles. The van der Waals surface area contributed by atoms with Gasteiger partial charge in [-0.1, -0.05) is 12.1 Å². The maximum Gasteiger partial charge on any atom is 0.273 e. The lowest BCUT2D eigenvalue weighted by atomic mass is 10.1. The maximum atomic E-state index is 10.8. The van der Waals surface area contributed by atoms with E-state index in [9.17, 15) is 10.1 Å². The number of nitrogens with zero attached hydrogens (tertiary/aromatic N) is 1. The van der Waals surface area contributed by atoms with Gasteiger partial charge < -0.3 is 9.84 Å². The Morgan fingerprint density at radius 2 is 2.00 bits per heavy atom. The van der Waals surface area contributed by atoms with Gasteiger partial charge in [-0.2, -0.15) is 0 Å². The Labute approximate surface area is 124 Å². The van der Waals surface area contributed by atoms with Crippen molar-refractivity contribution in [2.75, 3.05) is 0 Å². The van der Waals surface area contributed by atoms with Crippen molar-refractivity contribution < 1.29 is 14.8 Å². The predicted molar refractivity (Wildman–Crippen MR) is 78.0 cm³/mol. The number of benzene rings is 2. The van der Waals surface area contributed by atoms with Crippen LogP contribution in [0.15, 0.2) is 40.9 Å². The number of hydrogen-bond donors (Lipinski definition) is 1. The minimum absolute atomic E-state index is 0.0344.